The van der Waals surface area contributed by atoms with E-state index in [1.54, 1.807) is 0 Å². The topological polar surface area (TPSA) is 89.3 Å². The Kier molecular flexibility index (Phi) is 2.25. The molecule has 14 heavy (non-hydrogen) atoms. The van der Waals surface area contributed by atoms with Gasteiger partial charge in [0.25, 0.3) is 0 Å². The molecule has 1 aromatic rings. The van der Waals surface area contributed by atoms with Gasteiger partial charge in [-0.2, -0.15) is 14.8 Å². The van der Waals surface area contributed by atoms with Crippen LogP contribution in [0.2, 0.25) is 0 Å². The third-order valence-electron chi connectivity index (χ3n) is 1.84. The fourth-order valence-corrected chi connectivity index (χ4v) is 1.43. The Hall–Kier alpha value is -0.990. The van der Waals surface area contributed by atoms with E-state index in [0.29, 0.717) is 0 Å². The van der Waals surface area contributed by atoms with Gasteiger partial charge in [0, 0.05) is 7.11 Å². The maximum absolute atomic E-state index is 11.1. The average Bonchev–Trinajstić information content (AvgIpc) is 2.45. The number of methoxy groups -OCH3 is 1. The summed E-state index contributed by atoms with van der Waals surface area (Å²) in [7, 11) is 1.43. The van der Waals surface area contributed by atoms with Gasteiger partial charge >= 0.3 is 5.56 Å². The minimum Gasteiger partial charge on any atom is -0.368 e. The van der Waals surface area contributed by atoms with Crippen molar-refractivity contribution in [2.45, 2.75) is 12.5 Å². The zero-order chi connectivity index (χ0) is 10.3. The standard InChI is InChI=1S/C6H7BrN4O3/c1-14-4-5(13)11-6(9-4)8-3(12)2(7)10-11/h4-5,13H,1H3,(H,8,9,12)/t4-,5-/m1/s1. The molecule has 2 heterocycles. The summed E-state index contributed by atoms with van der Waals surface area (Å²) in [5, 5.41) is 16.1. The Morgan fingerprint density at radius 1 is 1.71 bits per heavy atom. The van der Waals surface area contributed by atoms with Gasteiger partial charge in [-0.25, -0.2) is 0 Å². The lowest BCUT2D eigenvalue weighted by Gasteiger charge is -2.11. The number of anilines is 1. The number of nitrogens with one attached hydrogen (secondary N) is 1. The van der Waals surface area contributed by atoms with E-state index >= 15 is 0 Å². The largest absolute Gasteiger partial charge is 0.368 e. The predicted octanol–water partition coefficient (Wildman–Crippen LogP) is -0.710. The van der Waals surface area contributed by atoms with Crippen LogP contribution in [0.1, 0.15) is 6.23 Å². The molecule has 2 rings (SSSR count). The van der Waals surface area contributed by atoms with Crippen LogP contribution in [0.25, 0.3) is 0 Å². The van der Waals surface area contributed by atoms with Crippen molar-refractivity contribution in [3.05, 3.63) is 15.0 Å². The van der Waals surface area contributed by atoms with Crippen LogP contribution in [0, 0.1) is 0 Å². The highest BCUT2D eigenvalue weighted by Gasteiger charge is 2.32. The Balaban J connectivity index is 2.49. The smallest absolute Gasteiger partial charge is 0.307 e. The van der Waals surface area contributed by atoms with Crippen LogP contribution in [-0.4, -0.2) is 33.2 Å². The van der Waals surface area contributed by atoms with Gasteiger partial charge in [0.2, 0.25) is 5.95 Å². The van der Waals surface area contributed by atoms with E-state index < -0.39 is 18.0 Å². The first-order valence-corrected chi connectivity index (χ1v) is 4.56. The molecule has 0 amide bonds. The highest BCUT2D eigenvalue weighted by Crippen LogP contribution is 2.22. The number of aliphatic hydroxyl groups excluding tert-OH is 1. The fourth-order valence-electron chi connectivity index (χ4n) is 1.17. The molecular weight excluding hydrogens is 256 g/mol. The molecule has 0 spiro atoms. The highest BCUT2D eigenvalue weighted by atomic mass is 79.9. The first kappa shape index (κ1) is 9.56. The van der Waals surface area contributed by atoms with Crippen LogP contribution in [0.3, 0.4) is 0 Å². The summed E-state index contributed by atoms with van der Waals surface area (Å²) < 4.78 is 6.14. The molecular formula is C6H7BrN4O3. The van der Waals surface area contributed by atoms with Gasteiger partial charge < -0.3 is 15.2 Å². The molecule has 1 aliphatic rings. The number of fused-ring (bicyclic) bond motifs is 1. The second-order valence-electron chi connectivity index (χ2n) is 2.69. The second-order valence-corrected chi connectivity index (χ2v) is 3.44. The summed E-state index contributed by atoms with van der Waals surface area (Å²) in [4.78, 5) is 14.7. The minimum absolute atomic E-state index is 0.0545. The third kappa shape index (κ3) is 1.31. The minimum atomic E-state index is -0.987. The number of hydrogen-bond donors (Lipinski definition) is 2. The molecule has 0 fully saturated rings. The van der Waals surface area contributed by atoms with Crippen molar-refractivity contribution in [2.75, 3.05) is 12.4 Å². The van der Waals surface area contributed by atoms with E-state index in [-0.39, 0.29) is 10.6 Å². The number of nitrogens with zero attached hydrogens (tertiary/aromatic N) is 3. The molecule has 1 aliphatic heterocycles. The molecule has 0 radical (unpaired) electrons. The Labute approximate surface area is 86.8 Å². The van der Waals surface area contributed by atoms with E-state index in [4.69, 9.17) is 4.74 Å². The van der Waals surface area contributed by atoms with Gasteiger partial charge in [0.1, 0.15) is 0 Å². The SMILES string of the molecule is CO[C@H]1Nc2nc(=O)c(Br)nn2[C@@H]1O. The van der Waals surface area contributed by atoms with Crippen molar-refractivity contribution in [3.8, 4) is 0 Å². The molecule has 2 N–H and O–H groups in total. The lowest BCUT2D eigenvalue weighted by atomic mass is 10.5. The van der Waals surface area contributed by atoms with Crippen molar-refractivity contribution in [3.63, 3.8) is 0 Å². The summed E-state index contributed by atoms with van der Waals surface area (Å²) in [6.45, 7) is 0. The fraction of sp³-hybridized carbons (Fsp3) is 0.500. The van der Waals surface area contributed by atoms with Crippen LogP contribution < -0.4 is 10.9 Å². The summed E-state index contributed by atoms with van der Waals surface area (Å²) in [5.41, 5.74) is -0.493. The number of hydrogen-bond acceptors (Lipinski definition) is 6. The monoisotopic (exact) mass is 262 g/mol. The van der Waals surface area contributed by atoms with Gasteiger partial charge in [-0.15, -0.1) is 0 Å². The molecule has 0 aromatic carbocycles. The Morgan fingerprint density at radius 2 is 2.43 bits per heavy atom. The second kappa shape index (κ2) is 3.30. The molecule has 76 valence electrons. The van der Waals surface area contributed by atoms with Crippen molar-refractivity contribution in [1.29, 1.82) is 0 Å². The van der Waals surface area contributed by atoms with E-state index in [0.717, 1.165) is 0 Å². The predicted molar refractivity (Wildman–Crippen MR) is 49.7 cm³/mol. The van der Waals surface area contributed by atoms with Crippen molar-refractivity contribution in [1.82, 2.24) is 14.8 Å². The summed E-state index contributed by atoms with van der Waals surface area (Å²) in [6.07, 6.45) is -1.62. The summed E-state index contributed by atoms with van der Waals surface area (Å²) >= 11 is 2.93. The maximum Gasteiger partial charge on any atom is 0.307 e. The molecule has 0 saturated heterocycles. The van der Waals surface area contributed by atoms with E-state index in [2.05, 4.69) is 31.3 Å². The van der Waals surface area contributed by atoms with Crippen molar-refractivity contribution in [2.24, 2.45) is 0 Å². The molecule has 0 saturated carbocycles. The van der Waals surface area contributed by atoms with Gasteiger partial charge in [0.05, 0.1) is 0 Å². The van der Waals surface area contributed by atoms with Crippen LogP contribution in [-0.2, 0) is 4.74 Å². The zero-order valence-corrected chi connectivity index (χ0v) is 8.72. The number of aliphatic hydroxyl groups is 1. The van der Waals surface area contributed by atoms with Crippen molar-refractivity contribution >= 4 is 21.9 Å². The Bertz CT molecular complexity index is 420. The first-order valence-electron chi connectivity index (χ1n) is 3.77. The Morgan fingerprint density at radius 3 is 3.07 bits per heavy atom. The molecule has 8 heteroatoms. The molecule has 7 nitrogen and oxygen atoms in total. The van der Waals surface area contributed by atoms with Crippen LogP contribution >= 0.6 is 15.9 Å². The number of rotatable bonds is 1. The lowest BCUT2D eigenvalue weighted by Crippen LogP contribution is -2.24. The van der Waals surface area contributed by atoms with E-state index in [9.17, 15) is 9.90 Å². The van der Waals surface area contributed by atoms with Gasteiger partial charge in [-0.3, -0.25) is 4.79 Å². The normalized spacial score (nSPS) is 24.5. The quantitative estimate of drug-likeness (QED) is 0.695. The molecule has 0 bridgehead atoms. The van der Waals surface area contributed by atoms with Crippen LogP contribution in [0.15, 0.2) is 9.40 Å². The van der Waals surface area contributed by atoms with Gasteiger partial charge in [-0.05, 0) is 15.9 Å². The number of ether oxygens (including phenoxy) is 1. The van der Waals surface area contributed by atoms with Crippen molar-refractivity contribution < 1.29 is 9.84 Å². The third-order valence-corrected chi connectivity index (χ3v) is 2.34. The average molecular weight is 263 g/mol. The summed E-state index contributed by atoms with van der Waals surface area (Å²) in [6, 6.07) is 0. The van der Waals surface area contributed by atoms with Gasteiger partial charge in [-0.1, -0.05) is 0 Å². The first-order chi connectivity index (χ1) is 6.63. The molecule has 0 aliphatic carbocycles. The van der Waals surface area contributed by atoms with Gasteiger partial charge in [0.15, 0.2) is 17.1 Å². The molecule has 2 atom stereocenters. The van der Waals surface area contributed by atoms with E-state index in [1.807, 2.05) is 0 Å². The zero-order valence-electron chi connectivity index (χ0n) is 7.14. The van der Waals surface area contributed by atoms with E-state index in [1.165, 1.54) is 11.8 Å². The summed E-state index contributed by atoms with van der Waals surface area (Å²) in [5.74, 6) is 0.192. The number of halogens is 1. The van der Waals surface area contributed by atoms with Crippen LogP contribution in [0.4, 0.5) is 5.95 Å². The molecule has 1 aromatic heterocycles. The highest BCUT2D eigenvalue weighted by molar-refractivity contribution is 9.10. The molecule has 0 unspecified atom stereocenters. The number of aromatic nitrogens is 3. The maximum atomic E-state index is 11.1. The lowest BCUT2D eigenvalue weighted by molar-refractivity contribution is -0.0283. The van der Waals surface area contributed by atoms with Crippen LogP contribution in [0.5, 0.6) is 0 Å².